The maximum atomic E-state index is 3.94. The molecule has 0 nitrogen and oxygen atoms in total. The molecule has 0 saturated carbocycles. The van der Waals surface area contributed by atoms with E-state index in [1.165, 1.54) is 27.8 Å². The molecule has 1 aromatic rings. The molecule has 0 heterocycles. The van der Waals surface area contributed by atoms with Crippen LogP contribution in [0.4, 0.5) is 0 Å². The van der Waals surface area contributed by atoms with Gasteiger partial charge in [0.2, 0.25) is 0 Å². The van der Waals surface area contributed by atoms with Crippen LogP contribution in [0.2, 0.25) is 0 Å². The van der Waals surface area contributed by atoms with E-state index in [0.717, 1.165) is 6.42 Å². The molecule has 110 valence electrons. The number of allylic oxidation sites excluding steroid dienone is 5. The van der Waals surface area contributed by atoms with Crippen molar-refractivity contribution in [3.8, 4) is 0 Å². The Bertz CT molecular complexity index is 607. The summed E-state index contributed by atoms with van der Waals surface area (Å²) in [4.78, 5) is 0. The maximum Gasteiger partial charge on any atom is -0.00913 e. The van der Waals surface area contributed by atoms with Gasteiger partial charge in [-0.05, 0) is 46.1 Å². The highest BCUT2D eigenvalue weighted by molar-refractivity contribution is 5.68. The van der Waals surface area contributed by atoms with Crippen molar-refractivity contribution in [3.63, 3.8) is 0 Å². The van der Waals surface area contributed by atoms with Gasteiger partial charge in [0.1, 0.15) is 0 Å². The summed E-state index contributed by atoms with van der Waals surface area (Å²) in [5.74, 6) is 1.16. The SMILES string of the molecule is C=Cc1ccc(C(C)C)cc1/C=C1/C=CC(C(C)C)=CC1. The van der Waals surface area contributed by atoms with Crippen molar-refractivity contribution in [3.05, 3.63) is 70.8 Å². The minimum absolute atomic E-state index is 0.551. The molecular weight excluding hydrogens is 252 g/mol. The summed E-state index contributed by atoms with van der Waals surface area (Å²) < 4.78 is 0. The molecule has 2 rings (SSSR count). The Labute approximate surface area is 129 Å². The third-order valence-corrected chi connectivity index (χ3v) is 4.07. The van der Waals surface area contributed by atoms with Crippen molar-refractivity contribution in [2.24, 2.45) is 5.92 Å². The highest BCUT2D eigenvalue weighted by Gasteiger charge is 2.07. The Morgan fingerprint density at radius 1 is 1.00 bits per heavy atom. The second kappa shape index (κ2) is 6.76. The Hall–Kier alpha value is -1.82. The fourth-order valence-electron chi connectivity index (χ4n) is 2.57. The molecule has 1 aromatic carbocycles. The van der Waals surface area contributed by atoms with Crippen LogP contribution in [0, 0.1) is 5.92 Å². The van der Waals surface area contributed by atoms with E-state index in [1.807, 2.05) is 6.08 Å². The lowest BCUT2D eigenvalue weighted by molar-refractivity contribution is 0.783. The molecule has 0 heteroatoms. The number of hydrogen-bond acceptors (Lipinski definition) is 0. The summed E-state index contributed by atoms with van der Waals surface area (Å²) in [6.45, 7) is 12.9. The van der Waals surface area contributed by atoms with Gasteiger partial charge < -0.3 is 0 Å². The monoisotopic (exact) mass is 278 g/mol. The molecular formula is C21H26. The van der Waals surface area contributed by atoms with Gasteiger partial charge in [0.05, 0.1) is 0 Å². The van der Waals surface area contributed by atoms with E-state index in [2.05, 4.69) is 76.8 Å². The Balaban J connectivity index is 2.31. The van der Waals surface area contributed by atoms with Crippen LogP contribution in [0.5, 0.6) is 0 Å². The van der Waals surface area contributed by atoms with Gasteiger partial charge in [0.25, 0.3) is 0 Å². The van der Waals surface area contributed by atoms with Gasteiger partial charge in [-0.2, -0.15) is 0 Å². The van der Waals surface area contributed by atoms with E-state index in [-0.39, 0.29) is 0 Å². The minimum atomic E-state index is 0.551. The molecule has 0 aliphatic heterocycles. The number of hydrogen-bond donors (Lipinski definition) is 0. The maximum absolute atomic E-state index is 3.94. The predicted molar refractivity (Wildman–Crippen MR) is 95.3 cm³/mol. The molecule has 0 fully saturated rings. The van der Waals surface area contributed by atoms with Gasteiger partial charge in [-0.25, -0.2) is 0 Å². The zero-order valence-corrected chi connectivity index (χ0v) is 13.7. The molecule has 1 aliphatic carbocycles. The first-order valence-electron chi connectivity index (χ1n) is 7.86. The summed E-state index contributed by atoms with van der Waals surface area (Å²) in [5, 5.41) is 0. The van der Waals surface area contributed by atoms with Gasteiger partial charge in [0, 0.05) is 0 Å². The summed E-state index contributed by atoms with van der Waals surface area (Å²) in [7, 11) is 0. The van der Waals surface area contributed by atoms with Gasteiger partial charge in [-0.3, -0.25) is 0 Å². The molecule has 21 heavy (non-hydrogen) atoms. The molecule has 0 bridgehead atoms. The molecule has 0 N–H and O–H groups in total. The van der Waals surface area contributed by atoms with E-state index >= 15 is 0 Å². The van der Waals surface area contributed by atoms with Crippen LogP contribution in [-0.4, -0.2) is 0 Å². The van der Waals surface area contributed by atoms with Gasteiger partial charge in [-0.1, -0.05) is 82.9 Å². The van der Waals surface area contributed by atoms with Crippen molar-refractivity contribution in [2.45, 2.75) is 40.0 Å². The molecule has 0 unspecified atom stereocenters. The number of rotatable bonds is 4. The average molecular weight is 278 g/mol. The lowest BCUT2D eigenvalue weighted by atomic mass is 9.92. The average Bonchev–Trinajstić information content (AvgIpc) is 2.47. The van der Waals surface area contributed by atoms with E-state index in [9.17, 15) is 0 Å². The highest BCUT2D eigenvalue weighted by Crippen LogP contribution is 2.26. The topological polar surface area (TPSA) is 0 Å². The Morgan fingerprint density at radius 2 is 1.76 bits per heavy atom. The fourth-order valence-corrected chi connectivity index (χ4v) is 2.57. The van der Waals surface area contributed by atoms with E-state index in [0.29, 0.717) is 11.8 Å². The normalized spacial score (nSPS) is 16.7. The van der Waals surface area contributed by atoms with Crippen molar-refractivity contribution < 1.29 is 0 Å². The van der Waals surface area contributed by atoms with Crippen LogP contribution >= 0.6 is 0 Å². The van der Waals surface area contributed by atoms with Crippen LogP contribution in [-0.2, 0) is 0 Å². The molecule has 0 atom stereocenters. The first-order valence-corrected chi connectivity index (χ1v) is 7.86. The largest absolute Gasteiger partial charge is 0.0984 e. The van der Waals surface area contributed by atoms with Crippen LogP contribution in [0.25, 0.3) is 12.2 Å². The lowest BCUT2D eigenvalue weighted by Crippen LogP contribution is -1.96. The molecule has 0 saturated heterocycles. The molecule has 0 radical (unpaired) electrons. The van der Waals surface area contributed by atoms with E-state index in [1.54, 1.807) is 0 Å². The quantitative estimate of drug-likeness (QED) is 0.599. The summed E-state index contributed by atoms with van der Waals surface area (Å²) in [6.07, 6.45) is 12.1. The van der Waals surface area contributed by atoms with Crippen molar-refractivity contribution >= 4 is 12.2 Å². The van der Waals surface area contributed by atoms with Crippen LogP contribution in [0.1, 0.15) is 56.7 Å². The van der Waals surface area contributed by atoms with Crippen molar-refractivity contribution in [2.75, 3.05) is 0 Å². The van der Waals surface area contributed by atoms with Crippen LogP contribution in [0.15, 0.2) is 54.2 Å². The molecule has 0 amide bonds. The number of benzene rings is 1. The second-order valence-corrected chi connectivity index (χ2v) is 6.36. The first kappa shape index (κ1) is 15.6. The van der Waals surface area contributed by atoms with Crippen molar-refractivity contribution in [1.82, 2.24) is 0 Å². The summed E-state index contributed by atoms with van der Waals surface area (Å²) in [6, 6.07) is 6.68. The van der Waals surface area contributed by atoms with Gasteiger partial charge >= 0.3 is 0 Å². The highest BCUT2D eigenvalue weighted by atomic mass is 14.1. The summed E-state index contributed by atoms with van der Waals surface area (Å²) >= 11 is 0. The molecule has 0 aromatic heterocycles. The van der Waals surface area contributed by atoms with E-state index < -0.39 is 0 Å². The van der Waals surface area contributed by atoms with E-state index in [4.69, 9.17) is 0 Å². The van der Waals surface area contributed by atoms with Crippen LogP contribution < -0.4 is 0 Å². The zero-order valence-electron chi connectivity index (χ0n) is 13.7. The molecule has 0 spiro atoms. The molecule has 1 aliphatic rings. The van der Waals surface area contributed by atoms with Gasteiger partial charge in [0.15, 0.2) is 0 Å². The Kier molecular flexibility index (Phi) is 5.01. The fraction of sp³-hybridized carbons (Fsp3) is 0.333. The third kappa shape index (κ3) is 3.85. The summed E-state index contributed by atoms with van der Waals surface area (Å²) in [5.41, 5.74) is 6.66. The smallest absolute Gasteiger partial charge is 0.00913 e. The first-order chi connectivity index (χ1) is 10.0. The second-order valence-electron chi connectivity index (χ2n) is 6.36. The standard InChI is InChI=1S/C21H26/c1-6-18-11-12-20(16(4)5)14-21(18)13-17-7-9-19(10-8-17)15(2)3/h6-7,9-16H,1,8H2,2-5H3/b17-13-. The van der Waals surface area contributed by atoms with Crippen LogP contribution in [0.3, 0.4) is 0 Å². The predicted octanol–water partition coefficient (Wildman–Crippen LogP) is 6.38. The minimum Gasteiger partial charge on any atom is -0.0984 e. The third-order valence-electron chi connectivity index (χ3n) is 4.07. The lowest BCUT2D eigenvalue weighted by Gasteiger charge is -2.14. The van der Waals surface area contributed by atoms with Gasteiger partial charge in [-0.15, -0.1) is 0 Å². The Morgan fingerprint density at radius 3 is 2.29 bits per heavy atom. The van der Waals surface area contributed by atoms with Crippen molar-refractivity contribution in [1.29, 1.82) is 0 Å². The zero-order chi connectivity index (χ0) is 15.4.